The molecule has 0 spiro atoms. The lowest BCUT2D eigenvalue weighted by molar-refractivity contribution is -0.126. The van der Waals surface area contributed by atoms with Crippen LogP contribution < -0.4 is 5.32 Å². The van der Waals surface area contributed by atoms with Gasteiger partial charge in [-0.15, -0.1) is 11.3 Å². The van der Waals surface area contributed by atoms with Crippen LogP contribution in [0.15, 0.2) is 30.3 Å². The Morgan fingerprint density at radius 2 is 1.97 bits per heavy atom. The summed E-state index contributed by atoms with van der Waals surface area (Å²) in [6.45, 7) is 9.27. The number of rotatable bonds is 9. The number of thiazole rings is 1. The molecule has 1 unspecified atom stereocenters. The zero-order chi connectivity index (χ0) is 22.2. The minimum Gasteiger partial charge on any atom is -0.382 e. The molecule has 168 valence electrons. The second-order valence-electron chi connectivity index (χ2n) is 8.06. The van der Waals surface area contributed by atoms with Crippen molar-refractivity contribution in [2.45, 2.75) is 40.0 Å². The SMILES string of the molecule is CCOCCCNC(=O)C(C)C1CCN(C(=O)c2sc(-c3ccccc3)nc2C)CC1. The molecule has 0 radical (unpaired) electrons. The van der Waals surface area contributed by atoms with Crippen LogP contribution in [0.5, 0.6) is 0 Å². The number of aryl methyl sites for hydroxylation is 1. The molecule has 1 atom stereocenters. The molecule has 6 nitrogen and oxygen atoms in total. The number of aromatic nitrogens is 1. The van der Waals surface area contributed by atoms with Crippen LogP contribution in [-0.2, 0) is 9.53 Å². The summed E-state index contributed by atoms with van der Waals surface area (Å²) in [6.07, 6.45) is 2.53. The molecule has 0 bridgehead atoms. The van der Waals surface area contributed by atoms with Gasteiger partial charge in [-0.1, -0.05) is 37.3 Å². The van der Waals surface area contributed by atoms with Crippen molar-refractivity contribution in [2.24, 2.45) is 11.8 Å². The Balaban J connectivity index is 1.51. The molecule has 1 aliphatic heterocycles. The van der Waals surface area contributed by atoms with E-state index in [1.54, 1.807) is 0 Å². The standard InChI is InChI=1S/C24H33N3O3S/c1-4-30-16-8-13-25-22(28)17(2)19-11-14-27(15-12-19)24(29)21-18(3)26-23(31-21)20-9-6-5-7-10-20/h5-7,9-10,17,19H,4,8,11-16H2,1-3H3,(H,25,28). The average Bonchev–Trinajstić information content (AvgIpc) is 3.20. The van der Waals surface area contributed by atoms with Gasteiger partial charge in [0, 0.05) is 44.3 Å². The van der Waals surface area contributed by atoms with E-state index in [-0.39, 0.29) is 17.7 Å². The van der Waals surface area contributed by atoms with Gasteiger partial charge in [-0.3, -0.25) is 9.59 Å². The molecule has 31 heavy (non-hydrogen) atoms. The van der Waals surface area contributed by atoms with Crippen molar-refractivity contribution >= 4 is 23.2 Å². The van der Waals surface area contributed by atoms with Gasteiger partial charge in [0.25, 0.3) is 5.91 Å². The number of carbonyl (C=O) groups is 2. The van der Waals surface area contributed by atoms with Crippen LogP contribution in [0.25, 0.3) is 10.6 Å². The molecule has 1 saturated heterocycles. The smallest absolute Gasteiger partial charge is 0.265 e. The molecule has 0 saturated carbocycles. The average molecular weight is 444 g/mol. The maximum atomic E-state index is 13.1. The van der Waals surface area contributed by atoms with Gasteiger partial charge in [-0.05, 0) is 39.0 Å². The number of nitrogens with zero attached hydrogens (tertiary/aromatic N) is 2. The topological polar surface area (TPSA) is 71.5 Å². The number of hydrogen-bond donors (Lipinski definition) is 1. The van der Waals surface area contributed by atoms with Crippen molar-refractivity contribution in [3.8, 4) is 10.6 Å². The molecular weight excluding hydrogens is 410 g/mol. The molecule has 2 amide bonds. The first kappa shape index (κ1) is 23.4. The molecular formula is C24H33N3O3S. The monoisotopic (exact) mass is 443 g/mol. The third-order valence-corrected chi connectivity index (χ3v) is 7.12. The highest BCUT2D eigenvalue weighted by atomic mass is 32.1. The van der Waals surface area contributed by atoms with Gasteiger partial charge < -0.3 is 15.0 Å². The Kier molecular flexibility index (Phi) is 8.60. The molecule has 3 rings (SSSR count). The van der Waals surface area contributed by atoms with Gasteiger partial charge in [-0.25, -0.2) is 4.98 Å². The molecule has 2 heterocycles. The van der Waals surface area contributed by atoms with Crippen LogP contribution in [0.2, 0.25) is 0 Å². The number of likely N-dealkylation sites (tertiary alicyclic amines) is 1. The minimum atomic E-state index is -0.0424. The lowest BCUT2D eigenvalue weighted by atomic mass is 9.84. The van der Waals surface area contributed by atoms with Crippen molar-refractivity contribution < 1.29 is 14.3 Å². The van der Waals surface area contributed by atoms with E-state index in [1.807, 2.05) is 56.0 Å². The number of carbonyl (C=O) groups excluding carboxylic acids is 2. The molecule has 1 aromatic carbocycles. The maximum absolute atomic E-state index is 13.1. The van der Waals surface area contributed by atoms with Crippen LogP contribution >= 0.6 is 11.3 Å². The summed E-state index contributed by atoms with van der Waals surface area (Å²) in [5.74, 6) is 0.424. The van der Waals surface area contributed by atoms with Crippen LogP contribution in [-0.4, -0.2) is 54.5 Å². The Hall–Kier alpha value is -2.25. The molecule has 0 aliphatic carbocycles. The highest BCUT2D eigenvalue weighted by Crippen LogP contribution is 2.31. The van der Waals surface area contributed by atoms with Gasteiger partial charge in [0.2, 0.25) is 5.91 Å². The summed E-state index contributed by atoms with van der Waals surface area (Å²) in [4.78, 5) is 32.8. The third kappa shape index (κ3) is 6.14. The van der Waals surface area contributed by atoms with Gasteiger partial charge in [-0.2, -0.15) is 0 Å². The zero-order valence-corrected chi connectivity index (χ0v) is 19.5. The summed E-state index contributed by atoms with van der Waals surface area (Å²) in [5.41, 5.74) is 1.82. The number of ether oxygens (including phenoxy) is 1. The highest BCUT2D eigenvalue weighted by Gasteiger charge is 2.31. The van der Waals surface area contributed by atoms with Crippen molar-refractivity contribution in [1.29, 1.82) is 0 Å². The molecule has 1 aliphatic rings. The van der Waals surface area contributed by atoms with Crippen molar-refractivity contribution in [1.82, 2.24) is 15.2 Å². The molecule has 1 aromatic heterocycles. The van der Waals surface area contributed by atoms with Gasteiger partial charge >= 0.3 is 0 Å². The Morgan fingerprint density at radius 1 is 1.26 bits per heavy atom. The number of benzene rings is 1. The van der Waals surface area contributed by atoms with Crippen LogP contribution in [0.4, 0.5) is 0 Å². The van der Waals surface area contributed by atoms with Crippen molar-refractivity contribution in [2.75, 3.05) is 32.8 Å². The van der Waals surface area contributed by atoms with E-state index >= 15 is 0 Å². The minimum absolute atomic E-state index is 0.0424. The number of hydrogen-bond acceptors (Lipinski definition) is 5. The van der Waals surface area contributed by atoms with Gasteiger partial charge in [0.1, 0.15) is 9.88 Å². The quantitative estimate of drug-likeness (QED) is 0.591. The van der Waals surface area contributed by atoms with Crippen LogP contribution in [0.3, 0.4) is 0 Å². The summed E-state index contributed by atoms with van der Waals surface area (Å²) < 4.78 is 5.31. The van der Waals surface area contributed by atoms with Crippen LogP contribution in [0, 0.1) is 18.8 Å². The van der Waals surface area contributed by atoms with Crippen LogP contribution in [0.1, 0.15) is 48.5 Å². The second-order valence-corrected chi connectivity index (χ2v) is 9.06. The van der Waals surface area contributed by atoms with E-state index in [0.717, 1.165) is 40.4 Å². The van der Waals surface area contributed by atoms with E-state index in [4.69, 9.17) is 4.74 Å². The number of piperidine rings is 1. The molecule has 2 aromatic rings. The van der Waals surface area contributed by atoms with E-state index in [9.17, 15) is 9.59 Å². The second kappa shape index (κ2) is 11.4. The highest BCUT2D eigenvalue weighted by molar-refractivity contribution is 7.17. The molecule has 1 fully saturated rings. The third-order valence-electron chi connectivity index (χ3n) is 5.93. The van der Waals surface area contributed by atoms with Crippen molar-refractivity contribution in [3.05, 3.63) is 40.9 Å². The summed E-state index contributed by atoms with van der Waals surface area (Å²) >= 11 is 1.46. The van der Waals surface area contributed by atoms with Crippen molar-refractivity contribution in [3.63, 3.8) is 0 Å². The first-order valence-corrected chi connectivity index (χ1v) is 12.0. The Labute approximate surface area is 189 Å². The fraction of sp³-hybridized carbons (Fsp3) is 0.542. The van der Waals surface area contributed by atoms with Gasteiger partial charge in [0.05, 0.1) is 5.69 Å². The Morgan fingerprint density at radius 3 is 2.65 bits per heavy atom. The van der Waals surface area contributed by atoms with E-state index in [1.165, 1.54) is 11.3 Å². The number of nitrogens with one attached hydrogen (secondary N) is 1. The van der Waals surface area contributed by atoms with Gasteiger partial charge in [0.15, 0.2) is 0 Å². The summed E-state index contributed by atoms with van der Waals surface area (Å²) in [7, 11) is 0. The fourth-order valence-corrected chi connectivity index (χ4v) is 4.99. The predicted molar refractivity (Wildman–Crippen MR) is 124 cm³/mol. The predicted octanol–water partition coefficient (Wildman–Crippen LogP) is 4.15. The van der Waals surface area contributed by atoms with E-state index in [2.05, 4.69) is 10.3 Å². The molecule has 1 N–H and O–H groups in total. The molecule has 7 heteroatoms. The summed E-state index contributed by atoms with van der Waals surface area (Å²) in [6, 6.07) is 9.97. The largest absolute Gasteiger partial charge is 0.382 e. The normalized spacial score (nSPS) is 15.6. The first-order valence-electron chi connectivity index (χ1n) is 11.2. The number of amides is 2. The lowest BCUT2D eigenvalue weighted by Gasteiger charge is -2.34. The zero-order valence-electron chi connectivity index (χ0n) is 18.7. The summed E-state index contributed by atoms with van der Waals surface area (Å²) in [5, 5.41) is 3.90. The van der Waals surface area contributed by atoms with E-state index in [0.29, 0.717) is 38.8 Å². The fourth-order valence-electron chi connectivity index (χ4n) is 3.95. The maximum Gasteiger partial charge on any atom is 0.265 e. The lowest BCUT2D eigenvalue weighted by Crippen LogP contribution is -2.42. The van der Waals surface area contributed by atoms with E-state index < -0.39 is 0 Å². The Bertz CT molecular complexity index is 860. The first-order chi connectivity index (χ1) is 15.0.